The molecule has 1 saturated heterocycles. The molecule has 2 N–H and O–H groups in total. The molecule has 2 heterocycles. The van der Waals surface area contributed by atoms with Crippen molar-refractivity contribution in [1.29, 1.82) is 0 Å². The van der Waals surface area contributed by atoms with Gasteiger partial charge in [-0.2, -0.15) is 0 Å². The van der Waals surface area contributed by atoms with E-state index in [1.54, 1.807) is 17.0 Å². The summed E-state index contributed by atoms with van der Waals surface area (Å²) >= 11 is 0. The Balaban J connectivity index is 1.48. The number of ether oxygens (including phenoxy) is 1. The number of carbonyl (C=O) groups excluding carboxylic acids is 3. The first-order valence-corrected chi connectivity index (χ1v) is 10.0. The van der Waals surface area contributed by atoms with Crippen molar-refractivity contribution in [2.45, 2.75) is 19.8 Å². The molecule has 0 unspecified atom stereocenters. The van der Waals surface area contributed by atoms with E-state index in [2.05, 4.69) is 4.98 Å². The molecule has 3 rings (SSSR count). The second-order valence-electron chi connectivity index (χ2n) is 7.11. The molecule has 0 atom stereocenters. The van der Waals surface area contributed by atoms with Gasteiger partial charge in [-0.1, -0.05) is 18.2 Å². The van der Waals surface area contributed by atoms with Gasteiger partial charge in [0.05, 0.1) is 11.5 Å². The molecule has 2 amide bonds. The SMILES string of the molecule is CCN(C(=O)COC(=O)C1CCN(c2ccc(C(N)=O)cn2)CC1)c1ccccc1. The van der Waals surface area contributed by atoms with Gasteiger partial charge in [0.15, 0.2) is 6.61 Å². The minimum Gasteiger partial charge on any atom is -0.455 e. The van der Waals surface area contributed by atoms with Crippen LogP contribution in [0.5, 0.6) is 0 Å². The Morgan fingerprint density at radius 2 is 1.83 bits per heavy atom. The molecule has 158 valence electrons. The second kappa shape index (κ2) is 9.87. The zero-order valence-electron chi connectivity index (χ0n) is 17.0. The third-order valence-corrected chi connectivity index (χ3v) is 5.21. The molecule has 0 radical (unpaired) electrons. The first-order chi connectivity index (χ1) is 14.5. The van der Waals surface area contributed by atoms with Gasteiger partial charge >= 0.3 is 5.97 Å². The monoisotopic (exact) mass is 410 g/mol. The van der Waals surface area contributed by atoms with Gasteiger partial charge in [0.2, 0.25) is 5.91 Å². The van der Waals surface area contributed by atoms with E-state index in [0.717, 1.165) is 11.5 Å². The topological polar surface area (TPSA) is 106 Å². The number of likely N-dealkylation sites (N-methyl/N-ethyl adjacent to an activating group) is 1. The standard InChI is InChI=1S/C22H26N4O4/c1-2-26(18-6-4-3-5-7-18)20(27)15-30-22(29)16-10-12-25(13-11-16)19-9-8-17(14-24-19)21(23)28/h3-9,14,16H,2,10-13,15H2,1H3,(H2,23,28). The fourth-order valence-electron chi connectivity index (χ4n) is 3.50. The van der Waals surface area contributed by atoms with Crippen molar-refractivity contribution in [3.8, 4) is 0 Å². The van der Waals surface area contributed by atoms with Crippen molar-refractivity contribution in [2.75, 3.05) is 36.0 Å². The number of nitrogens with zero attached hydrogens (tertiary/aromatic N) is 3. The van der Waals surface area contributed by atoms with Crippen LogP contribution in [-0.2, 0) is 14.3 Å². The summed E-state index contributed by atoms with van der Waals surface area (Å²) < 4.78 is 5.31. The number of benzene rings is 1. The molecule has 1 aromatic heterocycles. The number of piperidine rings is 1. The zero-order valence-corrected chi connectivity index (χ0v) is 17.0. The van der Waals surface area contributed by atoms with Gasteiger partial charge in [-0.05, 0) is 44.0 Å². The van der Waals surface area contributed by atoms with E-state index in [1.165, 1.54) is 6.20 Å². The third-order valence-electron chi connectivity index (χ3n) is 5.21. The molecule has 0 saturated carbocycles. The van der Waals surface area contributed by atoms with Crippen molar-refractivity contribution in [3.63, 3.8) is 0 Å². The van der Waals surface area contributed by atoms with Crippen molar-refractivity contribution in [2.24, 2.45) is 11.7 Å². The number of hydrogen-bond acceptors (Lipinski definition) is 6. The zero-order chi connectivity index (χ0) is 21.5. The molecular weight excluding hydrogens is 384 g/mol. The van der Waals surface area contributed by atoms with Gasteiger partial charge in [0, 0.05) is 31.5 Å². The van der Waals surface area contributed by atoms with E-state index >= 15 is 0 Å². The van der Waals surface area contributed by atoms with Crippen molar-refractivity contribution < 1.29 is 19.1 Å². The molecule has 2 aromatic rings. The Labute approximate surface area is 175 Å². The van der Waals surface area contributed by atoms with Crippen LogP contribution in [0.25, 0.3) is 0 Å². The Morgan fingerprint density at radius 1 is 1.13 bits per heavy atom. The smallest absolute Gasteiger partial charge is 0.309 e. The molecule has 1 aliphatic heterocycles. The van der Waals surface area contributed by atoms with Crippen LogP contribution in [-0.4, -0.2) is 49.0 Å². The summed E-state index contributed by atoms with van der Waals surface area (Å²) in [5.41, 5.74) is 6.37. The number of primary amides is 1. The van der Waals surface area contributed by atoms with E-state index in [-0.39, 0.29) is 24.4 Å². The van der Waals surface area contributed by atoms with Gasteiger partial charge in [-0.25, -0.2) is 4.98 Å². The van der Waals surface area contributed by atoms with E-state index in [0.29, 0.717) is 38.0 Å². The number of rotatable bonds is 7. The lowest BCUT2D eigenvalue weighted by molar-refractivity contribution is -0.152. The van der Waals surface area contributed by atoms with Crippen LogP contribution >= 0.6 is 0 Å². The average Bonchev–Trinajstić information content (AvgIpc) is 2.79. The van der Waals surface area contributed by atoms with Crippen LogP contribution in [0.2, 0.25) is 0 Å². The van der Waals surface area contributed by atoms with E-state index in [1.807, 2.05) is 42.2 Å². The maximum Gasteiger partial charge on any atom is 0.309 e. The maximum atomic E-state index is 12.5. The highest BCUT2D eigenvalue weighted by Crippen LogP contribution is 2.23. The van der Waals surface area contributed by atoms with Gasteiger partial charge in [0.25, 0.3) is 5.91 Å². The van der Waals surface area contributed by atoms with Crippen molar-refractivity contribution in [3.05, 3.63) is 54.2 Å². The highest BCUT2D eigenvalue weighted by molar-refractivity contribution is 5.95. The number of hydrogen-bond donors (Lipinski definition) is 1. The Hall–Kier alpha value is -3.42. The lowest BCUT2D eigenvalue weighted by Crippen LogP contribution is -2.39. The van der Waals surface area contributed by atoms with Crippen LogP contribution < -0.4 is 15.5 Å². The summed E-state index contributed by atoms with van der Waals surface area (Å²) in [6.45, 7) is 3.40. The Morgan fingerprint density at radius 3 is 2.40 bits per heavy atom. The normalized spacial score (nSPS) is 14.2. The lowest BCUT2D eigenvalue weighted by Gasteiger charge is -2.31. The number of carbonyl (C=O) groups is 3. The summed E-state index contributed by atoms with van der Waals surface area (Å²) in [5, 5.41) is 0. The molecule has 1 aromatic carbocycles. The van der Waals surface area contributed by atoms with Crippen LogP contribution in [0.3, 0.4) is 0 Å². The van der Waals surface area contributed by atoms with Gasteiger partial charge in [0.1, 0.15) is 5.82 Å². The average molecular weight is 410 g/mol. The predicted octanol–water partition coefficient (Wildman–Crippen LogP) is 1.99. The quantitative estimate of drug-likeness (QED) is 0.700. The first kappa shape index (κ1) is 21.3. The number of amides is 2. The van der Waals surface area contributed by atoms with Crippen molar-refractivity contribution >= 4 is 29.3 Å². The minimum absolute atomic E-state index is 0.242. The number of nitrogens with two attached hydrogens (primary N) is 1. The molecule has 0 bridgehead atoms. The molecule has 1 fully saturated rings. The Bertz CT molecular complexity index is 878. The van der Waals surface area contributed by atoms with Gasteiger partial charge in [-0.15, -0.1) is 0 Å². The fraction of sp³-hybridized carbons (Fsp3) is 0.364. The van der Waals surface area contributed by atoms with E-state index in [9.17, 15) is 14.4 Å². The first-order valence-electron chi connectivity index (χ1n) is 10.0. The highest BCUT2D eigenvalue weighted by atomic mass is 16.5. The summed E-state index contributed by atoms with van der Waals surface area (Å²) in [5.74, 6) is -0.606. The number of anilines is 2. The van der Waals surface area contributed by atoms with Crippen LogP contribution in [0, 0.1) is 5.92 Å². The molecule has 8 nitrogen and oxygen atoms in total. The summed E-state index contributed by atoms with van der Waals surface area (Å²) in [4.78, 5) is 44.0. The molecule has 0 aliphatic carbocycles. The highest BCUT2D eigenvalue weighted by Gasteiger charge is 2.28. The number of pyridine rings is 1. The molecular formula is C22H26N4O4. The predicted molar refractivity (Wildman–Crippen MR) is 113 cm³/mol. The number of esters is 1. The third kappa shape index (κ3) is 5.14. The van der Waals surface area contributed by atoms with Crippen LogP contribution in [0.4, 0.5) is 11.5 Å². The largest absolute Gasteiger partial charge is 0.455 e. The van der Waals surface area contributed by atoms with Crippen molar-refractivity contribution in [1.82, 2.24) is 4.98 Å². The minimum atomic E-state index is -0.515. The second-order valence-corrected chi connectivity index (χ2v) is 7.11. The van der Waals surface area contributed by atoms with Gasteiger partial charge in [-0.3, -0.25) is 14.4 Å². The van der Waals surface area contributed by atoms with E-state index in [4.69, 9.17) is 10.5 Å². The maximum absolute atomic E-state index is 12.5. The fourth-order valence-corrected chi connectivity index (χ4v) is 3.50. The summed E-state index contributed by atoms with van der Waals surface area (Å²) in [7, 11) is 0. The summed E-state index contributed by atoms with van der Waals surface area (Å²) in [6, 6.07) is 12.7. The number of para-hydroxylation sites is 1. The van der Waals surface area contributed by atoms with Crippen LogP contribution in [0.15, 0.2) is 48.7 Å². The summed E-state index contributed by atoms with van der Waals surface area (Å²) in [6.07, 6.45) is 2.68. The van der Waals surface area contributed by atoms with Crippen LogP contribution in [0.1, 0.15) is 30.1 Å². The molecule has 0 spiro atoms. The van der Waals surface area contributed by atoms with Gasteiger partial charge < -0.3 is 20.3 Å². The number of aromatic nitrogens is 1. The Kier molecular flexibility index (Phi) is 7.00. The molecule has 1 aliphatic rings. The molecule has 8 heteroatoms. The lowest BCUT2D eigenvalue weighted by atomic mass is 9.97. The van der Waals surface area contributed by atoms with E-state index < -0.39 is 5.91 Å². The molecule has 30 heavy (non-hydrogen) atoms.